The van der Waals surface area contributed by atoms with Crippen molar-refractivity contribution in [2.75, 3.05) is 7.11 Å². The van der Waals surface area contributed by atoms with Crippen molar-refractivity contribution >= 4 is 5.91 Å². The summed E-state index contributed by atoms with van der Waals surface area (Å²) in [5.41, 5.74) is 2.03. The molecule has 0 radical (unpaired) electrons. The Balaban J connectivity index is 1.91. The summed E-state index contributed by atoms with van der Waals surface area (Å²) in [6.07, 6.45) is -0.559. The monoisotopic (exact) mass is 299 g/mol. The first-order valence-corrected chi connectivity index (χ1v) is 7.23. The molecule has 0 aliphatic carbocycles. The van der Waals surface area contributed by atoms with E-state index in [1.54, 1.807) is 14.0 Å². The topological polar surface area (TPSA) is 47.6 Å². The highest BCUT2D eigenvalue weighted by Gasteiger charge is 2.15. The van der Waals surface area contributed by atoms with E-state index in [1.165, 1.54) is 0 Å². The average Bonchev–Trinajstić information content (AvgIpc) is 2.52. The highest BCUT2D eigenvalue weighted by Crippen LogP contribution is 2.17. The van der Waals surface area contributed by atoms with E-state index in [1.807, 2.05) is 55.5 Å². The lowest BCUT2D eigenvalue weighted by molar-refractivity contribution is -0.127. The standard InChI is InChI=1S/C18H21NO3/c1-13-7-6-9-16(11-13)22-14(2)18(20)19-12-15-8-4-5-10-17(15)21-3/h4-11,14H,12H2,1-3H3,(H,19,20)/t14-/m1/s1. The number of para-hydroxylation sites is 1. The Morgan fingerprint density at radius 1 is 1.18 bits per heavy atom. The number of nitrogens with one attached hydrogen (secondary N) is 1. The fraction of sp³-hybridized carbons (Fsp3) is 0.278. The number of carbonyl (C=O) groups is 1. The highest BCUT2D eigenvalue weighted by molar-refractivity contribution is 5.80. The maximum Gasteiger partial charge on any atom is 0.261 e. The number of benzene rings is 2. The first-order chi connectivity index (χ1) is 10.6. The predicted octanol–water partition coefficient (Wildman–Crippen LogP) is 3.09. The van der Waals surface area contributed by atoms with Crippen molar-refractivity contribution in [3.63, 3.8) is 0 Å². The van der Waals surface area contributed by atoms with E-state index in [9.17, 15) is 4.79 Å². The maximum atomic E-state index is 12.1. The third-order valence-electron chi connectivity index (χ3n) is 3.32. The third-order valence-corrected chi connectivity index (χ3v) is 3.32. The van der Waals surface area contributed by atoms with Crippen molar-refractivity contribution in [2.45, 2.75) is 26.5 Å². The number of hydrogen-bond donors (Lipinski definition) is 1. The largest absolute Gasteiger partial charge is 0.496 e. The molecule has 116 valence electrons. The molecule has 0 aliphatic heterocycles. The number of methoxy groups -OCH3 is 1. The summed E-state index contributed by atoms with van der Waals surface area (Å²) >= 11 is 0. The zero-order valence-corrected chi connectivity index (χ0v) is 13.1. The highest BCUT2D eigenvalue weighted by atomic mass is 16.5. The molecule has 2 aromatic carbocycles. The molecule has 0 fully saturated rings. The molecule has 0 saturated heterocycles. The molecule has 2 rings (SSSR count). The summed E-state index contributed by atoms with van der Waals surface area (Å²) in [5.74, 6) is 1.29. The zero-order valence-electron chi connectivity index (χ0n) is 13.1. The van der Waals surface area contributed by atoms with Crippen molar-refractivity contribution < 1.29 is 14.3 Å². The second kappa shape index (κ2) is 7.50. The fourth-order valence-corrected chi connectivity index (χ4v) is 2.12. The number of amides is 1. The van der Waals surface area contributed by atoms with E-state index in [0.717, 1.165) is 16.9 Å². The SMILES string of the molecule is COc1ccccc1CNC(=O)[C@@H](C)Oc1cccc(C)c1. The van der Waals surface area contributed by atoms with E-state index in [2.05, 4.69) is 5.32 Å². The molecular weight excluding hydrogens is 278 g/mol. The van der Waals surface area contributed by atoms with Crippen LogP contribution in [-0.2, 0) is 11.3 Å². The fourth-order valence-electron chi connectivity index (χ4n) is 2.12. The first-order valence-electron chi connectivity index (χ1n) is 7.23. The number of rotatable bonds is 6. The molecule has 22 heavy (non-hydrogen) atoms. The van der Waals surface area contributed by atoms with Gasteiger partial charge in [-0.1, -0.05) is 30.3 Å². The van der Waals surface area contributed by atoms with Crippen LogP contribution in [0.4, 0.5) is 0 Å². The van der Waals surface area contributed by atoms with Gasteiger partial charge >= 0.3 is 0 Å². The smallest absolute Gasteiger partial charge is 0.261 e. The van der Waals surface area contributed by atoms with Crippen LogP contribution in [0.5, 0.6) is 11.5 Å². The zero-order chi connectivity index (χ0) is 15.9. The molecule has 1 N–H and O–H groups in total. The molecule has 0 heterocycles. The van der Waals surface area contributed by atoms with Gasteiger partial charge in [0.25, 0.3) is 5.91 Å². The lowest BCUT2D eigenvalue weighted by Crippen LogP contribution is -2.36. The molecule has 0 bridgehead atoms. The van der Waals surface area contributed by atoms with E-state index in [0.29, 0.717) is 12.3 Å². The van der Waals surface area contributed by atoms with Gasteiger partial charge in [0.05, 0.1) is 7.11 Å². The second-order valence-corrected chi connectivity index (χ2v) is 5.11. The Hall–Kier alpha value is -2.49. The van der Waals surface area contributed by atoms with Gasteiger partial charge < -0.3 is 14.8 Å². The summed E-state index contributed by atoms with van der Waals surface area (Å²) < 4.78 is 10.9. The molecule has 0 aliphatic rings. The molecule has 0 spiro atoms. The van der Waals surface area contributed by atoms with Crippen molar-refractivity contribution in [2.24, 2.45) is 0 Å². The third kappa shape index (κ3) is 4.25. The summed E-state index contributed by atoms with van der Waals surface area (Å²) in [7, 11) is 1.62. The molecular formula is C18H21NO3. The molecule has 1 atom stereocenters. The van der Waals surface area contributed by atoms with Crippen molar-refractivity contribution in [3.8, 4) is 11.5 Å². The van der Waals surface area contributed by atoms with E-state index in [-0.39, 0.29) is 5.91 Å². The van der Waals surface area contributed by atoms with Gasteiger partial charge in [-0.2, -0.15) is 0 Å². The minimum absolute atomic E-state index is 0.160. The minimum Gasteiger partial charge on any atom is -0.496 e. The van der Waals surface area contributed by atoms with Crippen LogP contribution in [0.1, 0.15) is 18.1 Å². The van der Waals surface area contributed by atoms with Gasteiger partial charge in [-0.25, -0.2) is 0 Å². The number of carbonyl (C=O) groups excluding carboxylic acids is 1. The van der Waals surface area contributed by atoms with Gasteiger partial charge in [0.1, 0.15) is 11.5 Å². The minimum atomic E-state index is -0.559. The van der Waals surface area contributed by atoms with Crippen molar-refractivity contribution in [1.29, 1.82) is 0 Å². The number of aryl methyl sites for hydroxylation is 1. The van der Waals surface area contributed by atoms with E-state index >= 15 is 0 Å². The van der Waals surface area contributed by atoms with Gasteiger partial charge in [0.15, 0.2) is 6.10 Å². The first kappa shape index (κ1) is 15.9. The van der Waals surface area contributed by atoms with Crippen molar-refractivity contribution in [3.05, 3.63) is 59.7 Å². The molecule has 1 amide bonds. The number of hydrogen-bond acceptors (Lipinski definition) is 3. The Bertz CT molecular complexity index is 640. The number of ether oxygens (including phenoxy) is 2. The van der Waals surface area contributed by atoms with Crippen LogP contribution in [0.3, 0.4) is 0 Å². The summed E-state index contributed by atoms with van der Waals surface area (Å²) in [6, 6.07) is 15.2. The van der Waals surface area contributed by atoms with Gasteiger partial charge in [0, 0.05) is 12.1 Å². The molecule has 2 aromatic rings. The Morgan fingerprint density at radius 2 is 1.95 bits per heavy atom. The predicted molar refractivity (Wildman–Crippen MR) is 86.1 cm³/mol. The van der Waals surface area contributed by atoms with Crippen LogP contribution in [0, 0.1) is 6.92 Å². The summed E-state index contributed by atoms with van der Waals surface area (Å²) in [5, 5.41) is 2.86. The summed E-state index contributed by atoms with van der Waals surface area (Å²) in [6.45, 7) is 4.13. The van der Waals surface area contributed by atoms with E-state index in [4.69, 9.17) is 9.47 Å². The Morgan fingerprint density at radius 3 is 2.68 bits per heavy atom. The van der Waals surface area contributed by atoms with Crippen LogP contribution in [0.2, 0.25) is 0 Å². The van der Waals surface area contributed by atoms with Crippen LogP contribution in [0.25, 0.3) is 0 Å². The normalized spacial score (nSPS) is 11.6. The molecule has 0 unspecified atom stereocenters. The second-order valence-electron chi connectivity index (χ2n) is 5.11. The van der Waals surface area contributed by atoms with Gasteiger partial charge in [0.2, 0.25) is 0 Å². The van der Waals surface area contributed by atoms with Gasteiger partial charge in [-0.05, 0) is 37.6 Å². The van der Waals surface area contributed by atoms with Crippen LogP contribution < -0.4 is 14.8 Å². The van der Waals surface area contributed by atoms with Gasteiger partial charge in [-0.15, -0.1) is 0 Å². The maximum absolute atomic E-state index is 12.1. The lowest BCUT2D eigenvalue weighted by Gasteiger charge is -2.16. The van der Waals surface area contributed by atoms with Crippen molar-refractivity contribution in [1.82, 2.24) is 5.32 Å². The quantitative estimate of drug-likeness (QED) is 0.891. The Kier molecular flexibility index (Phi) is 5.42. The average molecular weight is 299 g/mol. The van der Waals surface area contributed by atoms with Crippen LogP contribution in [0.15, 0.2) is 48.5 Å². The summed E-state index contributed by atoms with van der Waals surface area (Å²) in [4.78, 5) is 12.1. The molecule has 4 heteroatoms. The molecule has 4 nitrogen and oxygen atoms in total. The lowest BCUT2D eigenvalue weighted by atomic mass is 10.2. The van der Waals surface area contributed by atoms with Crippen LogP contribution in [-0.4, -0.2) is 19.1 Å². The van der Waals surface area contributed by atoms with Gasteiger partial charge in [-0.3, -0.25) is 4.79 Å². The molecule has 0 saturated carbocycles. The van der Waals surface area contributed by atoms with E-state index < -0.39 is 6.10 Å². The van der Waals surface area contributed by atoms with Crippen LogP contribution >= 0.6 is 0 Å². The Labute approximate surface area is 131 Å². The molecule has 0 aromatic heterocycles.